The molecule has 0 bridgehead atoms. The van der Waals surface area contributed by atoms with Crippen LogP contribution in [-0.4, -0.2) is 40.6 Å². The van der Waals surface area contributed by atoms with E-state index >= 15 is 0 Å². The maximum Gasteiger partial charge on any atom is 0.330 e. The third-order valence-electron chi connectivity index (χ3n) is 4.70. The van der Waals surface area contributed by atoms with Crippen LogP contribution >= 0.6 is 0 Å². The van der Waals surface area contributed by atoms with Crippen molar-refractivity contribution in [3.63, 3.8) is 0 Å². The monoisotopic (exact) mass is 379 g/mol. The Morgan fingerprint density at radius 1 is 0.821 bits per heavy atom. The molecule has 0 N–H and O–H groups in total. The number of amides is 2. The zero-order chi connectivity index (χ0) is 20.4. The normalized spacial score (nSPS) is 15.4. The zero-order valence-electron chi connectivity index (χ0n) is 15.9. The first-order valence-electron chi connectivity index (χ1n) is 9.09. The first-order valence-corrected chi connectivity index (χ1v) is 9.09. The number of Topliss-reactive ketones (excluding diaryl/α,β-unsaturated/α-hetero) is 1. The van der Waals surface area contributed by atoms with Crippen molar-refractivity contribution in [1.82, 2.24) is 4.90 Å². The van der Waals surface area contributed by atoms with Gasteiger partial charge < -0.3 is 4.74 Å². The van der Waals surface area contributed by atoms with Crippen molar-refractivity contribution < 1.29 is 23.9 Å². The van der Waals surface area contributed by atoms with Crippen LogP contribution in [0.15, 0.2) is 54.6 Å². The topological polar surface area (TPSA) is 80.8 Å². The summed E-state index contributed by atoms with van der Waals surface area (Å²) in [6.45, 7) is 4.92. The first kappa shape index (κ1) is 19.5. The van der Waals surface area contributed by atoms with Gasteiger partial charge in [0.25, 0.3) is 11.8 Å². The van der Waals surface area contributed by atoms with Crippen molar-refractivity contribution in [2.45, 2.75) is 32.9 Å². The largest absolute Gasteiger partial charge is 0.453 e. The van der Waals surface area contributed by atoms with E-state index in [4.69, 9.17) is 4.74 Å². The van der Waals surface area contributed by atoms with E-state index in [1.807, 2.05) is 0 Å². The Bertz CT molecular complexity index is 900. The van der Waals surface area contributed by atoms with Gasteiger partial charge in [0.15, 0.2) is 6.10 Å². The summed E-state index contributed by atoms with van der Waals surface area (Å²) in [7, 11) is 0. The Hall–Kier alpha value is -3.28. The molecule has 0 unspecified atom stereocenters. The number of ether oxygens (including phenoxy) is 1. The molecule has 0 spiro atoms. The number of imide groups is 1. The molecule has 0 aliphatic carbocycles. The highest BCUT2D eigenvalue weighted by atomic mass is 16.5. The van der Waals surface area contributed by atoms with Gasteiger partial charge in [-0.2, -0.15) is 0 Å². The Kier molecular flexibility index (Phi) is 5.40. The van der Waals surface area contributed by atoms with E-state index in [2.05, 4.69) is 0 Å². The van der Waals surface area contributed by atoms with Crippen molar-refractivity contribution >= 4 is 23.6 Å². The molecule has 0 radical (unpaired) electrons. The van der Waals surface area contributed by atoms with Crippen molar-refractivity contribution in [3.8, 4) is 0 Å². The number of carbonyl (C=O) groups excluding carboxylic acids is 4. The number of hydrogen-bond acceptors (Lipinski definition) is 5. The van der Waals surface area contributed by atoms with Gasteiger partial charge in [-0.05, 0) is 25.0 Å². The maximum atomic E-state index is 12.8. The van der Waals surface area contributed by atoms with Crippen LogP contribution in [0.1, 0.15) is 51.8 Å². The van der Waals surface area contributed by atoms with Gasteiger partial charge in [-0.25, -0.2) is 4.79 Å². The molecule has 2 aromatic rings. The summed E-state index contributed by atoms with van der Waals surface area (Å²) >= 11 is 0. The lowest BCUT2D eigenvalue weighted by Gasteiger charge is -2.28. The molecule has 2 atom stereocenters. The lowest BCUT2D eigenvalue weighted by atomic mass is 10.0. The fourth-order valence-electron chi connectivity index (χ4n) is 3.27. The van der Waals surface area contributed by atoms with Crippen LogP contribution in [0.5, 0.6) is 0 Å². The quantitative estimate of drug-likeness (QED) is 0.438. The Labute approximate surface area is 163 Å². The summed E-state index contributed by atoms with van der Waals surface area (Å²) in [5, 5.41) is 0. The molecule has 0 fully saturated rings. The van der Waals surface area contributed by atoms with Gasteiger partial charge in [0, 0.05) is 5.56 Å². The number of nitrogens with zero attached hydrogens (tertiary/aromatic N) is 1. The van der Waals surface area contributed by atoms with E-state index < -0.39 is 29.9 Å². The molecule has 2 aromatic carbocycles. The SMILES string of the molecule is CC(C)[C@H](C(=O)O[C@H](C)C(=O)c1ccccc1)N1C(=O)c2ccccc2C1=O. The summed E-state index contributed by atoms with van der Waals surface area (Å²) in [4.78, 5) is 51.7. The summed E-state index contributed by atoms with van der Waals surface area (Å²) in [5.41, 5.74) is 0.948. The molecule has 28 heavy (non-hydrogen) atoms. The van der Waals surface area contributed by atoms with Crippen LogP contribution in [0.2, 0.25) is 0 Å². The Balaban J connectivity index is 1.81. The average Bonchev–Trinajstić information content (AvgIpc) is 2.93. The fraction of sp³-hybridized carbons (Fsp3) is 0.273. The van der Waals surface area contributed by atoms with E-state index in [1.165, 1.54) is 6.92 Å². The van der Waals surface area contributed by atoms with Crippen LogP contribution in [-0.2, 0) is 9.53 Å². The van der Waals surface area contributed by atoms with Gasteiger partial charge >= 0.3 is 5.97 Å². The highest BCUT2D eigenvalue weighted by molar-refractivity contribution is 6.22. The van der Waals surface area contributed by atoms with E-state index in [0.29, 0.717) is 5.56 Å². The zero-order valence-corrected chi connectivity index (χ0v) is 15.9. The van der Waals surface area contributed by atoms with Gasteiger partial charge in [-0.15, -0.1) is 0 Å². The molecule has 3 rings (SSSR count). The van der Waals surface area contributed by atoms with Crippen molar-refractivity contribution in [2.24, 2.45) is 5.92 Å². The lowest BCUT2D eigenvalue weighted by molar-refractivity contribution is -0.152. The molecular formula is C22H21NO5. The van der Waals surface area contributed by atoms with Gasteiger partial charge in [0.05, 0.1) is 11.1 Å². The number of carbonyl (C=O) groups is 4. The van der Waals surface area contributed by atoms with Gasteiger partial charge in [-0.1, -0.05) is 56.3 Å². The minimum Gasteiger partial charge on any atom is -0.453 e. The molecule has 0 saturated carbocycles. The van der Waals surface area contributed by atoms with E-state index in [9.17, 15) is 19.2 Å². The molecule has 144 valence electrons. The minimum atomic E-state index is -1.11. The van der Waals surface area contributed by atoms with Gasteiger partial charge in [0.2, 0.25) is 5.78 Å². The van der Waals surface area contributed by atoms with Crippen LogP contribution in [0.25, 0.3) is 0 Å². The number of benzene rings is 2. The predicted molar refractivity (Wildman–Crippen MR) is 102 cm³/mol. The molecule has 1 aliphatic rings. The first-order chi connectivity index (χ1) is 13.3. The molecule has 6 heteroatoms. The van der Waals surface area contributed by atoms with E-state index in [0.717, 1.165) is 4.90 Å². The number of esters is 1. The van der Waals surface area contributed by atoms with Crippen LogP contribution in [0.3, 0.4) is 0 Å². The Morgan fingerprint density at radius 2 is 1.32 bits per heavy atom. The van der Waals surface area contributed by atoms with Crippen molar-refractivity contribution in [3.05, 3.63) is 71.3 Å². The summed E-state index contributed by atoms with van der Waals surface area (Å²) in [6.07, 6.45) is -1.04. The maximum absolute atomic E-state index is 12.8. The molecule has 6 nitrogen and oxygen atoms in total. The van der Waals surface area contributed by atoms with Gasteiger partial charge in [-0.3, -0.25) is 19.3 Å². The highest BCUT2D eigenvalue weighted by Gasteiger charge is 2.45. The second-order valence-corrected chi connectivity index (χ2v) is 7.02. The summed E-state index contributed by atoms with van der Waals surface area (Å²) in [5.74, 6) is -2.56. The summed E-state index contributed by atoms with van der Waals surface area (Å²) in [6, 6.07) is 13.8. The lowest BCUT2D eigenvalue weighted by Crippen LogP contribution is -2.49. The van der Waals surface area contributed by atoms with Crippen LogP contribution in [0, 0.1) is 5.92 Å². The number of fused-ring (bicyclic) bond motifs is 1. The molecule has 0 aromatic heterocycles. The molecule has 1 aliphatic heterocycles. The number of rotatable bonds is 6. The third kappa shape index (κ3) is 3.45. The highest BCUT2D eigenvalue weighted by Crippen LogP contribution is 2.28. The van der Waals surface area contributed by atoms with Gasteiger partial charge in [0.1, 0.15) is 6.04 Å². The van der Waals surface area contributed by atoms with E-state index in [1.54, 1.807) is 68.4 Å². The van der Waals surface area contributed by atoms with E-state index in [-0.39, 0.29) is 22.8 Å². The molecule has 2 amide bonds. The third-order valence-corrected chi connectivity index (χ3v) is 4.70. The molecular weight excluding hydrogens is 358 g/mol. The standard InChI is InChI=1S/C22H21NO5/c1-13(2)18(23-20(25)16-11-7-8-12-17(16)21(23)26)22(27)28-14(3)19(24)15-9-5-4-6-10-15/h4-14,18H,1-3H3/t14-,18-/m1/s1. The number of ketones is 1. The van der Waals surface area contributed by atoms with Crippen LogP contribution in [0.4, 0.5) is 0 Å². The minimum absolute atomic E-state index is 0.263. The second-order valence-electron chi connectivity index (χ2n) is 7.02. The van der Waals surface area contributed by atoms with Crippen molar-refractivity contribution in [1.29, 1.82) is 0 Å². The molecule has 1 heterocycles. The summed E-state index contributed by atoms with van der Waals surface area (Å²) < 4.78 is 5.36. The van der Waals surface area contributed by atoms with Crippen LogP contribution < -0.4 is 0 Å². The second kappa shape index (κ2) is 7.76. The molecule has 0 saturated heterocycles. The average molecular weight is 379 g/mol. The fourth-order valence-corrected chi connectivity index (χ4v) is 3.27. The number of hydrogen-bond donors (Lipinski definition) is 0. The Morgan fingerprint density at radius 3 is 1.82 bits per heavy atom. The van der Waals surface area contributed by atoms with Crippen molar-refractivity contribution in [2.75, 3.05) is 0 Å². The smallest absolute Gasteiger partial charge is 0.330 e. The predicted octanol–water partition coefficient (Wildman–Crippen LogP) is 3.12.